The monoisotopic (exact) mass is 283 g/mol. The maximum Gasteiger partial charge on any atom is 0.278 e. The zero-order valence-corrected chi connectivity index (χ0v) is 11.1. The van der Waals surface area contributed by atoms with E-state index >= 15 is 0 Å². The van der Waals surface area contributed by atoms with Crippen LogP contribution in [0.2, 0.25) is 0 Å². The number of carbonyl (C=O) groups excluding carboxylic acids is 2. The van der Waals surface area contributed by atoms with Crippen LogP contribution in [-0.2, 0) is 9.59 Å². The maximum atomic E-state index is 11.9. The second-order valence-electron chi connectivity index (χ2n) is 4.28. The number of nitrogens with zero attached hydrogens (tertiary/aromatic N) is 2. The van der Waals surface area contributed by atoms with Gasteiger partial charge in [-0.25, -0.2) is 4.98 Å². The molecule has 1 fully saturated rings. The van der Waals surface area contributed by atoms with Gasteiger partial charge in [0.15, 0.2) is 10.8 Å². The molecule has 1 aliphatic rings. The van der Waals surface area contributed by atoms with Crippen molar-refractivity contribution in [1.29, 1.82) is 0 Å². The van der Waals surface area contributed by atoms with Crippen LogP contribution in [0.4, 0.5) is 5.69 Å². The van der Waals surface area contributed by atoms with Gasteiger partial charge in [0, 0.05) is 25.6 Å². The summed E-state index contributed by atoms with van der Waals surface area (Å²) in [6.45, 7) is 1.78. The zero-order chi connectivity index (χ0) is 14.0. The van der Waals surface area contributed by atoms with Crippen LogP contribution >= 0.6 is 11.8 Å². The van der Waals surface area contributed by atoms with Crippen LogP contribution in [0.15, 0.2) is 11.1 Å². The summed E-state index contributed by atoms with van der Waals surface area (Å²) in [5, 5.41) is 9.58. The number of aromatic nitrogens is 2. The molecule has 1 atom stereocenters. The summed E-state index contributed by atoms with van der Waals surface area (Å²) in [5.74, 6) is -0.198. The van der Waals surface area contributed by atoms with Crippen LogP contribution in [0.25, 0.3) is 0 Å². The van der Waals surface area contributed by atoms with E-state index in [2.05, 4.69) is 9.97 Å². The number of aromatic hydroxyl groups is 1. The maximum absolute atomic E-state index is 11.9. The third-order valence-electron chi connectivity index (χ3n) is 2.81. The van der Waals surface area contributed by atoms with E-state index in [-0.39, 0.29) is 29.0 Å². The highest BCUT2D eigenvalue weighted by atomic mass is 32.2. The molecule has 1 unspecified atom stereocenters. The average molecular weight is 283 g/mol. The summed E-state index contributed by atoms with van der Waals surface area (Å²) < 4.78 is 0. The second kappa shape index (κ2) is 5.43. The number of carbonyl (C=O) groups is 2. The Morgan fingerprint density at radius 3 is 3.00 bits per heavy atom. The van der Waals surface area contributed by atoms with E-state index in [0.29, 0.717) is 12.3 Å². The van der Waals surface area contributed by atoms with Crippen molar-refractivity contribution < 1.29 is 14.7 Å². The topological polar surface area (TPSA) is 103 Å². The zero-order valence-electron chi connectivity index (χ0n) is 10.3. The van der Waals surface area contributed by atoms with Crippen molar-refractivity contribution in [3.8, 4) is 5.88 Å². The van der Waals surface area contributed by atoms with E-state index in [0.717, 1.165) is 18.1 Å². The Balaban J connectivity index is 2.16. The van der Waals surface area contributed by atoms with Gasteiger partial charge in [-0.3, -0.25) is 14.4 Å². The number of hydrogen-bond donors (Lipinski definition) is 2. The molecule has 0 spiro atoms. The van der Waals surface area contributed by atoms with Crippen LogP contribution in [0.1, 0.15) is 13.3 Å². The third kappa shape index (κ3) is 2.95. The molecule has 1 aliphatic heterocycles. The number of aromatic amines is 1. The number of rotatable bonds is 3. The third-order valence-corrected chi connectivity index (χ3v) is 3.85. The van der Waals surface area contributed by atoms with Crippen molar-refractivity contribution in [2.45, 2.75) is 13.3 Å². The molecule has 2 N–H and O–H groups in total. The molecule has 0 aliphatic carbocycles. The first-order valence-electron chi connectivity index (χ1n) is 5.69. The molecule has 1 aromatic heterocycles. The van der Waals surface area contributed by atoms with Crippen molar-refractivity contribution in [2.24, 2.45) is 5.92 Å². The summed E-state index contributed by atoms with van der Waals surface area (Å²) in [4.78, 5) is 41.5. The summed E-state index contributed by atoms with van der Waals surface area (Å²) in [6.07, 6.45) is 1.33. The SMILES string of the molecule is CC(=O)SCC1CC(=O)N(c2c(O)nc[nH]c2=O)C1. The summed E-state index contributed by atoms with van der Waals surface area (Å²) in [7, 11) is 0. The van der Waals surface area contributed by atoms with E-state index in [1.807, 2.05) is 0 Å². The molecular weight excluding hydrogens is 270 g/mol. The van der Waals surface area contributed by atoms with E-state index < -0.39 is 11.4 Å². The lowest BCUT2D eigenvalue weighted by atomic mass is 10.1. The van der Waals surface area contributed by atoms with Gasteiger partial charge in [-0.05, 0) is 5.92 Å². The first-order valence-corrected chi connectivity index (χ1v) is 6.68. The van der Waals surface area contributed by atoms with Crippen molar-refractivity contribution >= 4 is 28.5 Å². The van der Waals surface area contributed by atoms with Crippen molar-refractivity contribution in [1.82, 2.24) is 9.97 Å². The molecule has 0 aromatic carbocycles. The van der Waals surface area contributed by atoms with Crippen molar-refractivity contribution in [3.63, 3.8) is 0 Å². The van der Waals surface area contributed by atoms with Gasteiger partial charge in [0.2, 0.25) is 11.8 Å². The minimum atomic E-state index is -0.555. The molecule has 19 heavy (non-hydrogen) atoms. The van der Waals surface area contributed by atoms with Crippen LogP contribution in [0, 0.1) is 5.92 Å². The number of anilines is 1. The van der Waals surface area contributed by atoms with Gasteiger partial charge >= 0.3 is 0 Å². The first kappa shape index (κ1) is 13.6. The Kier molecular flexibility index (Phi) is 3.89. The molecule has 0 bridgehead atoms. The van der Waals surface area contributed by atoms with Crippen molar-refractivity contribution in [3.05, 3.63) is 16.7 Å². The van der Waals surface area contributed by atoms with Gasteiger partial charge in [0.25, 0.3) is 5.56 Å². The number of H-pyrrole nitrogens is 1. The lowest BCUT2D eigenvalue weighted by molar-refractivity contribution is -0.117. The van der Waals surface area contributed by atoms with Crippen LogP contribution in [0.5, 0.6) is 5.88 Å². The Labute approximate surface area is 113 Å². The Morgan fingerprint density at radius 1 is 1.63 bits per heavy atom. The molecule has 102 valence electrons. The molecule has 0 radical (unpaired) electrons. The van der Waals surface area contributed by atoms with Crippen molar-refractivity contribution in [2.75, 3.05) is 17.2 Å². The fourth-order valence-corrected chi connectivity index (χ4v) is 2.66. The Bertz CT molecular complexity index is 571. The van der Waals surface area contributed by atoms with E-state index in [4.69, 9.17) is 0 Å². The summed E-state index contributed by atoms with van der Waals surface area (Å²) >= 11 is 1.15. The predicted molar refractivity (Wildman–Crippen MR) is 70.1 cm³/mol. The van der Waals surface area contributed by atoms with Gasteiger partial charge in [-0.15, -0.1) is 0 Å². The van der Waals surface area contributed by atoms with E-state index in [9.17, 15) is 19.5 Å². The number of thioether (sulfide) groups is 1. The highest BCUT2D eigenvalue weighted by Gasteiger charge is 2.34. The predicted octanol–water partition coefficient (Wildman–Crippen LogP) is 0.108. The minimum Gasteiger partial charge on any atom is -0.492 e. The highest BCUT2D eigenvalue weighted by Crippen LogP contribution is 2.28. The number of nitrogens with one attached hydrogen (secondary N) is 1. The summed E-state index contributed by atoms with van der Waals surface area (Å²) in [5.41, 5.74) is -0.677. The smallest absolute Gasteiger partial charge is 0.278 e. The lowest BCUT2D eigenvalue weighted by Crippen LogP contribution is -2.30. The van der Waals surface area contributed by atoms with Gasteiger partial charge in [0.1, 0.15) is 0 Å². The first-order chi connectivity index (χ1) is 8.99. The molecule has 8 heteroatoms. The fraction of sp³-hybridized carbons (Fsp3) is 0.455. The van der Waals surface area contributed by atoms with Crippen LogP contribution < -0.4 is 10.5 Å². The minimum absolute atomic E-state index is 0.00651. The number of hydrogen-bond acceptors (Lipinski definition) is 6. The largest absolute Gasteiger partial charge is 0.492 e. The molecular formula is C11H13N3O4S. The molecule has 2 heterocycles. The van der Waals surface area contributed by atoms with Gasteiger partial charge in [0.05, 0.1) is 6.33 Å². The van der Waals surface area contributed by atoms with Gasteiger partial charge in [-0.1, -0.05) is 11.8 Å². The normalized spacial score (nSPS) is 18.9. The van der Waals surface area contributed by atoms with Gasteiger partial charge in [-0.2, -0.15) is 0 Å². The Hall–Kier alpha value is -1.83. The average Bonchev–Trinajstić information content (AvgIpc) is 2.68. The molecule has 1 saturated heterocycles. The quantitative estimate of drug-likeness (QED) is 0.816. The fourth-order valence-electron chi connectivity index (χ4n) is 1.97. The Morgan fingerprint density at radius 2 is 2.37 bits per heavy atom. The van der Waals surface area contributed by atoms with Crippen LogP contribution in [-0.4, -0.2) is 38.4 Å². The summed E-state index contributed by atoms with van der Waals surface area (Å²) in [6, 6.07) is 0. The second-order valence-corrected chi connectivity index (χ2v) is 5.48. The van der Waals surface area contributed by atoms with E-state index in [1.165, 1.54) is 11.8 Å². The highest BCUT2D eigenvalue weighted by molar-refractivity contribution is 8.13. The molecule has 1 aromatic rings. The lowest BCUT2D eigenvalue weighted by Gasteiger charge is -2.15. The molecule has 1 amide bonds. The standard InChI is InChI=1S/C11H13N3O4S/c1-6(15)19-4-7-2-8(16)14(3-7)9-10(17)12-5-13-11(9)18/h5,7H,2-4H2,1H3,(H2,12,13,17,18). The molecule has 2 rings (SSSR count). The molecule has 7 nitrogen and oxygen atoms in total. The van der Waals surface area contributed by atoms with Crippen LogP contribution in [0.3, 0.4) is 0 Å². The molecule has 0 saturated carbocycles. The van der Waals surface area contributed by atoms with Gasteiger partial charge < -0.3 is 15.0 Å². The van der Waals surface area contributed by atoms with E-state index in [1.54, 1.807) is 0 Å². The number of amides is 1.